The van der Waals surface area contributed by atoms with E-state index in [1.165, 1.54) is 0 Å². The van der Waals surface area contributed by atoms with Crippen LogP contribution in [0.2, 0.25) is 0 Å². The normalized spacial score (nSPS) is 13.4. The maximum atomic E-state index is 9.42. The lowest BCUT2D eigenvalue weighted by Gasteiger charge is -2.14. The summed E-state index contributed by atoms with van der Waals surface area (Å²) >= 11 is 0. The molecule has 1 N–H and O–H groups in total. The van der Waals surface area contributed by atoms with Gasteiger partial charge in [-0.05, 0) is 12.3 Å². The third-order valence-corrected chi connectivity index (χ3v) is 2.07. The van der Waals surface area contributed by atoms with Crippen molar-refractivity contribution < 1.29 is 19.3 Å². The van der Waals surface area contributed by atoms with Gasteiger partial charge in [0.1, 0.15) is 0 Å². The Hall–Kier alpha value is -0.160. The van der Waals surface area contributed by atoms with Gasteiger partial charge in [0.25, 0.3) is 0 Å². The number of aliphatic hydroxyl groups is 1. The Balaban J connectivity index is 3.05. The molecule has 0 saturated heterocycles. The second-order valence-corrected chi connectivity index (χ2v) is 3.85. The lowest BCUT2D eigenvalue weighted by atomic mass is 10.1. The van der Waals surface area contributed by atoms with E-state index in [1.807, 2.05) is 13.8 Å². The first kappa shape index (κ1) is 14.8. The topological polar surface area (TPSA) is 47.9 Å². The zero-order valence-electron chi connectivity index (χ0n) is 10.1. The molecule has 0 heterocycles. The molecule has 92 valence electrons. The second kappa shape index (κ2) is 10.4. The van der Waals surface area contributed by atoms with Crippen molar-refractivity contribution >= 4 is 0 Å². The van der Waals surface area contributed by atoms with E-state index in [-0.39, 0.29) is 12.0 Å². The monoisotopic (exact) mass is 220 g/mol. The third-order valence-electron chi connectivity index (χ3n) is 2.07. The van der Waals surface area contributed by atoms with Crippen molar-refractivity contribution in [3.63, 3.8) is 0 Å². The van der Waals surface area contributed by atoms with E-state index in [2.05, 4.69) is 0 Å². The van der Waals surface area contributed by atoms with Crippen LogP contribution in [0.25, 0.3) is 0 Å². The third kappa shape index (κ3) is 10.1. The molecule has 0 radical (unpaired) electrons. The van der Waals surface area contributed by atoms with Crippen molar-refractivity contribution in [3.05, 3.63) is 0 Å². The van der Waals surface area contributed by atoms with E-state index in [1.54, 1.807) is 7.11 Å². The van der Waals surface area contributed by atoms with Crippen molar-refractivity contribution in [2.24, 2.45) is 5.92 Å². The molecule has 0 aromatic carbocycles. The summed E-state index contributed by atoms with van der Waals surface area (Å²) in [5.41, 5.74) is 0. The van der Waals surface area contributed by atoms with Crippen LogP contribution in [0.15, 0.2) is 0 Å². The fourth-order valence-electron chi connectivity index (χ4n) is 0.922. The SMILES string of the molecule is COCCCOCCOCC(O)C(C)C. The minimum atomic E-state index is -0.376. The van der Waals surface area contributed by atoms with Gasteiger partial charge in [-0.2, -0.15) is 0 Å². The Labute approximate surface area is 92.5 Å². The van der Waals surface area contributed by atoms with Gasteiger partial charge in [-0.15, -0.1) is 0 Å². The van der Waals surface area contributed by atoms with Crippen LogP contribution in [0.4, 0.5) is 0 Å². The lowest BCUT2D eigenvalue weighted by Crippen LogP contribution is -2.22. The Bertz CT molecular complexity index is 128. The maximum absolute atomic E-state index is 9.42. The number of aliphatic hydroxyl groups excluding tert-OH is 1. The van der Waals surface area contributed by atoms with Gasteiger partial charge >= 0.3 is 0 Å². The van der Waals surface area contributed by atoms with Gasteiger partial charge < -0.3 is 19.3 Å². The molecule has 0 aromatic rings. The highest BCUT2D eigenvalue weighted by molar-refractivity contribution is 4.57. The summed E-state index contributed by atoms with van der Waals surface area (Å²) in [7, 11) is 1.68. The van der Waals surface area contributed by atoms with E-state index in [0.717, 1.165) is 13.0 Å². The van der Waals surface area contributed by atoms with Crippen LogP contribution < -0.4 is 0 Å². The van der Waals surface area contributed by atoms with E-state index < -0.39 is 0 Å². The summed E-state index contributed by atoms with van der Waals surface area (Å²) in [5.74, 6) is 0.243. The molecule has 4 nitrogen and oxygen atoms in total. The molecule has 0 aliphatic heterocycles. The van der Waals surface area contributed by atoms with Gasteiger partial charge in [0.05, 0.1) is 25.9 Å². The van der Waals surface area contributed by atoms with Crippen LogP contribution >= 0.6 is 0 Å². The van der Waals surface area contributed by atoms with Crippen LogP contribution in [-0.2, 0) is 14.2 Å². The van der Waals surface area contributed by atoms with Gasteiger partial charge in [0.2, 0.25) is 0 Å². The van der Waals surface area contributed by atoms with Gasteiger partial charge in [0.15, 0.2) is 0 Å². The number of rotatable bonds is 10. The van der Waals surface area contributed by atoms with Crippen molar-refractivity contribution in [1.29, 1.82) is 0 Å². The van der Waals surface area contributed by atoms with Crippen LogP contribution in [0.5, 0.6) is 0 Å². The minimum Gasteiger partial charge on any atom is -0.390 e. The first-order chi connectivity index (χ1) is 7.18. The number of hydrogen-bond acceptors (Lipinski definition) is 4. The van der Waals surface area contributed by atoms with Gasteiger partial charge in [0, 0.05) is 20.3 Å². The Morgan fingerprint density at radius 3 is 2.27 bits per heavy atom. The highest BCUT2D eigenvalue weighted by atomic mass is 16.5. The van der Waals surface area contributed by atoms with Crippen LogP contribution in [0.3, 0.4) is 0 Å². The lowest BCUT2D eigenvalue weighted by molar-refractivity contribution is -0.0129. The largest absolute Gasteiger partial charge is 0.390 e. The van der Waals surface area contributed by atoms with E-state index in [9.17, 15) is 5.11 Å². The first-order valence-electron chi connectivity index (χ1n) is 5.51. The van der Waals surface area contributed by atoms with Gasteiger partial charge in [-0.1, -0.05) is 13.8 Å². The van der Waals surface area contributed by atoms with E-state index >= 15 is 0 Å². The number of hydrogen-bond donors (Lipinski definition) is 1. The van der Waals surface area contributed by atoms with Gasteiger partial charge in [-0.25, -0.2) is 0 Å². The summed E-state index contributed by atoms with van der Waals surface area (Å²) in [6.45, 7) is 6.87. The smallest absolute Gasteiger partial charge is 0.0796 e. The predicted octanol–water partition coefficient (Wildman–Crippen LogP) is 1.07. The summed E-state index contributed by atoms with van der Waals surface area (Å²) in [6.07, 6.45) is 0.531. The fourth-order valence-corrected chi connectivity index (χ4v) is 0.922. The molecule has 0 saturated carbocycles. The molecule has 0 fully saturated rings. The highest BCUT2D eigenvalue weighted by Gasteiger charge is 2.08. The number of methoxy groups -OCH3 is 1. The Morgan fingerprint density at radius 2 is 1.67 bits per heavy atom. The molecular formula is C11H24O4. The molecule has 0 amide bonds. The van der Waals surface area contributed by atoms with Crippen molar-refractivity contribution in [3.8, 4) is 0 Å². The van der Waals surface area contributed by atoms with Crippen molar-refractivity contribution in [1.82, 2.24) is 0 Å². The maximum Gasteiger partial charge on any atom is 0.0796 e. The predicted molar refractivity (Wildman–Crippen MR) is 59.0 cm³/mol. The van der Waals surface area contributed by atoms with Crippen molar-refractivity contribution in [2.75, 3.05) is 40.1 Å². The average Bonchev–Trinajstić information content (AvgIpc) is 2.21. The second-order valence-electron chi connectivity index (χ2n) is 3.85. The minimum absolute atomic E-state index is 0.243. The summed E-state index contributed by atoms with van der Waals surface area (Å²) in [5, 5.41) is 9.42. The fraction of sp³-hybridized carbons (Fsp3) is 1.00. The summed E-state index contributed by atoms with van der Waals surface area (Å²) in [4.78, 5) is 0. The van der Waals surface area contributed by atoms with E-state index in [4.69, 9.17) is 14.2 Å². The molecule has 0 bridgehead atoms. The Kier molecular flexibility index (Phi) is 10.3. The van der Waals surface area contributed by atoms with Crippen LogP contribution in [-0.4, -0.2) is 51.4 Å². The highest BCUT2D eigenvalue weighted by Crippen LogP contribution is 2.00. The molecule has 0 aliphatic rings. The molecule has 1 atom stereocenters. The number of ether oxygens (including phenoxy) is 3. The van der Waals surface area contributed by atoms with Crippen LogP contribution in [0, 0.1) is 5.92 Å². The molecule has 1 unspecified atom stereocenters. The standard InChI is InChI=1S/C11H24O4/c1-10(2)11(12)9-15-8-7-14-6-4-5-13-3/h10-12H,4-9H2,1-3H3. The zero-order valence-corrected chi connectivity index (χ0v) is 10.1. The molecule has 4 heteroatoms. The van der Waals surface area contributed by atoms with E-state index in [0.29, 0.717) is 26.4 Å². The Morgan fingerprint density at radius 1 is 1.00 bits per heavy atom. The zero-order chi connectivity index (χ0) is 11.5. The summed E-state index contributed by atoms with van der Waals surface area (Å²) < 4.78 is 15.4. The quantitative estimate of drug-likeness (QED) is 0.560. The van der Waals surface area contributed by atoms with Gasteiger partial charge in [-0.3, -0.25) is 0 Å². The molecule has 0 spiro atoms. The molecule has 0 aromatic heterocycles. The van der Waals surface area contributed by atoms with Crippen molar-refractivity contribution in [2.45, 2.75) is 26.4 Å². The average molecular weight is 220 g/mol. The molecular weight excluding hydrogens is 196 g/mol. The first-order valence-corrected chi connectivity index (χ1v) is 5.51. The summed E-state index contributed by atoms with van der Waals surface area (Å²) in [6, 6.07) is 0. The molecule has 0 aliphatic carbocycles. The van der Waals surface area contributed by atoms with Crippen LogP contribution in [0.1, 0.15) is 20.3 Å². The molecule has 15 heavy (non-hydrogen) atoms. The molecule has 0 rings (SSSR count).